The van der Waals surface area contributed by atoms with Gasteiger partial charge in [-0.25, -0.2) is 13.1 Å². The molecule has 2 N–H and O–H groups in total. The SMILES string of the molecule is COc1ccc([C@@H](CNC(=O)c2ccc(Cl)c(S(=O)(=O)NC3CC3)c2)N2CCCCC2)cc1. The molecule has 1 saturated heterocycles. The van der Waals surface area contributed by atoms with Gasteiger partial charge in [0.05, 0.1) is 18.2 Å². The summed E-state index contributed by atoms with van der Waals surface area (Å²) in [5.41, 5.74) is 1.37. The lowest BCUT2D eigenvalue weighted by Crippen LogP contribution is -2.40. The first-order valence-electron chi connectivity index (χ1n) is 11.4. The number of halogens is 1. The molecule has 2 aromatic rings. The van der Waals surface area contributed by atoms with Gasteiger partial charge in [0.2, 0.25) is 10.0 Å². The maximum atomic E-state index is 13.0. The molecule has 1 heterocycles. The number of amides is 1. The van der Waals surface area contributed by atoms with Crippen LogP contribution in [0.5, 0.6) is 5.75 Å². The zero-order valence-corrected chi connectivity index (χ0v) is 20.3. The number of hydrogen-bond donors (Lipinski definition) is 2. The van der Waals surface area contributed by atoms with Gasteiger partial charge in [0.15, 0.2) is 0 Å². The first-order chi connectivity index (χ1) is 15.9. The van der Waals surface area contributed by atoms with Crippen molar-refractivity contribution in [2.75, 3.05) is 26.7 Å². The molecule has 178 valence electrons. The number of rotatable bonds is 9. The van der Waals surface area contributed by atoms with E-state index in [0.29, 0.717) is 6.54 Å². The number of carbonyl (C=O) groups excluding carboxylic acids is 1. The summed E-state index contributed by atoms with van der Waals surface area (Å²) in [5, 5.41) is 3.11. The second kappa shape index (κ2) is 10.4. The van der Waals surface area contributed by atoms with Crippen LogP contribution in [0.3, 0.4) is 0 Å². The summed E-state index contributed by atoms with van der Waals surface area (Å²) >= 11 is 6.16. The molecule has 1 amide bonds. The molecule has 0 spiro atoms. The molecule has 33 heavy (non-hydrogen) atoms. The maximum Gasteiger partial charge on any atom is 0.251 e. The van der Waals surface area contributed by atoms with E-state index in [2.05, 4.69) is 14.9 Å². The van der Waals surface area contributed by atoms with E-state index in [4.69, 9.17) is 16.3 Å². The lowest BCUT2D eigenvalue weighted by atomic mass is 10.0. The van der Waals surface area contributed by atoms with Crippen LogP contribution >= 0.6 is 11.6 Å². The van der Waals surface area contributed by atoms with E-state index in [1.165, 1.54) is 18.6 Å². The van der Waals surface area contributed by atoms with Gasteiger partial charge in [0, 0.05) is 18.2 Å². The van der Waals surface area contributed by atoms with Crippen molar-refractivity contribution in [2.24, 2.45) is 0 Å². The fourth-order valence-corrected chi connectivity index (χ4v) is 5.97. The third-order valence-electron chi connectivity index (χ3n) is 6.17. The summed E-state index contributed by atoms with van der Waals surface area (Å²) in [5.74, 6) is 0.458. The Morgan fingerprint density at radius 1 is 1.12 bits per heavy atom. The molecule has 4 rings (SSSR count). The Bertz CT molecular complexity index is 1080. The highest BCUT2D eigenvalue weighted by atomic mass is 35.5. The maximum absolute atomic E-state index is 13.0. The van der Waals surface area contributed by atoms with Gasteiger partial charge < -0.3 is 10.1 Å². The summed E-state index contributed by atoms with van der Waals surface area (Å²) in [4.78, 5) is 15.3. The Hall–Kier alpha value is -2.13. The van der Waals surface area contributed by atoms with Gasteiger partial charge in [0.25, 0.3) is 5.91 Å². The molecular formula is C24H30ClN3O4S. The summed E-state index contributed by atoms with van der Waals surface area (Å²) in [7, 11) is -2.13. The van der Waals surface area contributed by atoms with E-state index in [1.807, 2.05) is 24.3 Å². The molecule has 9 heteroatoms. The predicted octanol–water partition coefficient (Wildman–Crippen LogP) is 3.75. The van der Waals surface area contributed by atoms with Crippen LogP contribution in [-0.4, -0.2) is 52.0 Å². The molecule has 0 unspecified atom stereocenters. The number of sulfonamides is 1. The Morgan fingerprint density at radius 3 is 2.45 bits per heavy atom. The van der Waals surface area contributed by atoms with Crippen molar-refractivity contribution < 1.29 is 17.9 Å². The van der Waals surface area contributed by atoms with Gasteiger partial charge in [-0.05, 0) is 74.7 Å². The van der Waals surface area contributed by atoms with Crippen LogP contribution in [0.2, 0.25) is 5.02 Å². The van der Waals surface area contributed by atoms with E-state index in [9.17, 15) is 13.2 Å². The average molecular weight is 492 g/mol. The van der Waals surface area contributed by atoms with Crippen molar-refractivity contribution in [1.82, 2.24) is 14.9 Å². The van der Waals surface area contributed by atoms with E-state index < -0.39 is 10.0 Å². The summed E-state index contributed by atoms with van der Waals surface area (Å²) < 4.78 is 33.2. The lowest BCUT2D eigenvalue weighted by Gasteiger charge is -2.35. The van der Waals surface area contributed by atoms with Gasteiger partial charge in [-0.15, -0.1) is 0 Å². The molecule has 0 radical (unpaired) electrons. The van der Waals surface area contributed by atoms with Crippen LogP contribution in [0.1, 0.15) is 54.1 Å². The van der Waals surface area contributed by atoms with Gasteiger partial charge in [-0.2, -0.15) is 0 Å². The number of benzene rings is 2. The number of hydrogen-bond acceptors (Lipinski definition) is 5. The van der Waals surface area contributed by atoms with Crippen molar-refractivity contribution in [3.63, 3.8) is 0 Å². The summed E-state index contributed by atoms with van der Waals surface area (Å²) in [6.45, 7) is 2.36. The quantitative estimate of drug-likeness (QED) is 0.558. The number of methoxy groups -OCH3 is 1. The highest BCUT2D eigenvalue weighted by Crippen LogP contribution is 2.28. The Morgan fingerprint density at radius 2 is 1.82 bits per heavy atom. The fraction of sp³-hybridized carbons (Fsp3) is 0.458. The molecule has 0 bridgehead atoms. The third-order valence-corrected chi connectivity index (χ3v) is 8.17. The van der Waals surface area contributed by atoms with E-state index in [1.54, 1.807) is 13.2 Å². The summed E-state index contributed by atoms with van der Waals surface area (Å²) in [6, 6.07) is 12.3. The second-order valence-electron chi connectivity index (χ2n) is 8.64. The van der Waals surface area contributed by atoms with Crippen LogP contribution in [0.15, 0.2) is 47.4 Å². The first kappa shape index (κ1) is 24.0. The molecule has 1 aliphatic heterocycles. The van der Waals surface area contributed by atoms with Crippen molar-refractivity contribution in [3.05, 3.63) is 58.6 Å². The third kappa shape index (κ3) is 6.06. The van der Waals surface area contributed by atoms with E-state index >= 15 is 0 Å². The number of nitrogens with zero attached hydrogens (tertiary/aromatic N) is 1. The van der Waals surface area contributed by atoms with Crippen molar-refractivity contribution in [3.8, 4) is 5.75 Å². The predicted molar refractivity (Wildman–Crippen MR) is 128 cm³/mol. The monoisotopic (exact) mass is 491 g/mol. The Labute approximate surface area is 200 Å². The topological polar surface area (TPSA) is 87.7 Å². The zero-order chi connectivity index (χ0) is 23.4. The molecule has 2 aliphatic rings. The second-order valence-corrected chi connectivity index (χ2v) is 10.7. The highest BCUT2D eigenvalue weighted by molar-refractivity contribution is 7.89. The molecule has 1 atom stereocenters. The Balaban J connectivity index is 1.50. The molecule has 2 aromatic carbocycles. The zero-order valence-electron chi connectivity index (χ0n) is 18.7. The average Bonchev–Trinajstić information content (AvgIpc) is 3.63. The lowest BCUT2D eigenvalue weighted by molar-refractivity contribution is 0.0924. The van der Waals surface area contributed by atoms with E-state index in [0.717, 1.165) is 50.1 Å². The molecular weight excluding hydrogens is 462 g/mol. The number of likely N-dealkylation sites (tertiary alicyclic amines) is 1. The van der Waals surface area contributed by atoms with Gasteiger partial charge in [-0.1, -0.05) is 30.2 Å². The minimum absolute atomic E-state index is 0.0205. The largest absolute Gasteiger partial charge is 0.497 e. The Kier molecular flexibility index (Phi) is 7.58. The van der Waals surface area contributed by atoms with Crippen LogP contribution in [0, 0.1) is 0 Å². The van der Waals surface area contributed by atoms with Crippen LogP contribution in [0.4, 0.5) is 0 Å². The van der Waals surface area contributed by atoms with Gasteiger partial charge in [-0.3, -0.25) is 9.69 Å². The fourth-order valence-electron chi connectivity index (χ4n) is 4.14. The van der Waals surface area contributed by atoms with Crippen LogP contribution in [-0.2, 0) is 10.0 Å². The highest BCUT2D eigenvalue weighted by Gasteiger charge is 2.30. The number of carbonyl (C=O) groups is 1. The molecule has 7 nitrogen and oxygen atoms in total. The number of piperidine rings is 1. The van der Waals surface area contributed by atoms with Crippen LogP contribution in [0.25, 0.3) is 0 Å². The molecule has 1 saturated carbocycles. The van der Waals surface area contributed by atoms with Gasteiger partial charge in [0.1, 0.15) is 10.6 Å². The minimum Gasteiger partial charge on any atom is -0.497 e. The number of nitrogens with one attached hydrogen (secondary N) is 2. The van der Waals surface area contributed by atoms with Crippen molar-refractivity contribution >= 4 is 27.5 Å². The molecule has 0 aromatic heterocycles. The van der Waals surface area contributed by atoms with E-state index in [-0.39, 0.29) is 33.5 Å². The number of ether oxygens (including phenoxy) is 1. The van der Waals surface area contributed by atoms with Gasteiger partial charge >= 0.3 is 0 Å². The molecule has 1 aliphatic carbocycles. The molecule has 2 fully saturated rings. The standard InChI is InChI=1S/C24H30ClN3O4S/c1-32-20-10-5-17(6-11-20)22(28-13-3-2-4-14-28)16-26-24(29)18-7-12-21(25)23(15-18)33(30,31)27-19-8-9-19/h5-7,10-12,15,19,22,27H,2-4,8-9,13-14,16H2,1H3,(H,26,29)/t22-/m1/s1. The minimum atomic E-state index is -3.76. The van der Waals surface area contributed by atoms with Crippen LogP contribution < -0.4 is 14.8 Å². The summed E-state index contributed by atoms with van der Waals surface area (Å²) in [6.07, 6.45) is 5.12. The first-order valence-corrected chi connectivity index (χ1v) is 13.2. The van der Waals surface area contributed by atoms with Crippen molar-refractivity contribution in [1.29, 1.82) is 0 Å². The smallest absolute Gasteiger partial charge is 0.251 e. The normalized spacial score (nSPS) is 18.0. The van der Waals surface area contributed by atoms with Crippen molar-refractivity contribution in [2.45, 2.75) is 49.1 Å².